The lowest BCUT2D eigenvalue weighted by atomic mass is 9.84. The molecule has 1 unspecified atom stereocenters. The van der Waals surface area contributed by atoms with Crippen molar-refractivity contribution in [2.45, 2.75) is 69.4 Å². The van der Waals surface area contributed by atoms with Crippen LogP contribution in [0.25, 0.3) is 27.6 Å². The Morgan fingerprint density at radius 1 is 0.982 bits per heavy atom. The summed E-state index contributed by atoms with van der Waals surface area (Å²) in [5, 5.41) is 15.4. The molecule has 6 aromatic rings. The highest BCUT2D eigenvalue weighted by molar-refractivity contribution is 6.08. The van der Waals surface area contributed by atoms with Crippen molar-refractivity contribution >= 4 is 51.1 Å². The van der Waals surface area contributed by atoms with Crippen molar-refractivity contribution in [2.24, 2.45) is 13.0 Å². The second-order valence-corrected chi connectivity index (χ2v) is 15.3. The number of rotatable bonds is 8. The summed E-state index contributed by atoms with van der Waals surface area (Å²) in [7, 11) is 3.31. The third kappa shape index (κ3) is 6.45. The first-order chi connectivity index (χ1) is 26.7. The fourth-order valence-electron chi connectivity index (χ4n) is 8.97. The van der Waals surface area contributed by atoms with E-state index in [4.69, 9.17) is 9.84 Å². The molecular weight excluding hydrogens is 701 g/mol. The molecule has 4 aromatic heterocycles. The van der Waals surface area contributed by atoms with Gasteiger partial charge in [0.2, 0.25) is 11.8 Å². The molecule has 2 aromatic carbocycles. The van der Waals surface area contributed by atoms with Crippen LogP contribution in [0.2, 0.25) is 0 Å². The number of carbonyl (C=O) groups is 3. The first-order valence-electron chi connectivity index (χ1n) is 19.2. The number of aryl methyl sites for hydroxylation is 1. The first-order valence-corrected chi connectivity index (χ1v) is 19.2. The molecule has 3 amide bonds. The summed E-state index contributed by atoms with van der Waals surface area (Å²) in [6.07, 6.45) is 12.3. The van der Waals surface area contributed by atoms with Gasteiger partial charge in [-0.25, -0.2) is 9.78 Å². The molecule has 1 atom stereocenters. The lowest BCUT2D eigenvalue weighted by Gasteiger charge is -2.36. The Bertz CT molecular complexity index is 2510. The number of nitrogens with zero attached hydrogens (tertiary/aromatic N) is 8. The van der Waals surface area contributed by atoms with Gasteiger partial charge in [0.15, 0.2) is 11.5 Å². The third-order valence-electron chi connectivity index (χ3n) is 12.0. The predicted octanol–water partition coefficient (Wildman–Crippen LogP) is 4.58. The fourth-order valence-corrected chi connectivity index (χ4v) is 8.97. The maximum absolute atomic E-state index is 13.4. The van der Waals surface area contributed by atoms with Crippen LogP contribution in [0.15, 0.2) is 65.8 Å². The van der Waals surface area contributed by atoms with Crippen LogP contribution in [0.3, 0.4) is 0 Å². The van der Waals surface area contributed by atoms with E-state index in [1.54, 1.807) is 46.3 Å². The minimum atomic E-state index is -0.677. The van der Waals surface area contributed by atoms with Crippen molar-refractivity contribution in [1.29, 1.82) is 0 Å². The summed E-state index contributed by atoms with van der Waals surface area (Å²) in [5.41, 5.74) is 4.39. The second kappa shape index (κ2) is 14.1. The highest BCUT2D eigenvalue weighted by Gasteiger charge is 2.32. The number of likely N-dealkylation sites (tertiary alicyclic amines) is 1. The first kappa shape index (κ1) is 34.9. The van der Waals surface area contributed by atoms with Gasteiger partial charge in [-0.3, -0.25) is 33.5 Å². The van der Waals surface area contributed by atoms with Gasteiger partial charge in [-0.05, 0) is 106 Å². The zero-order chi connectivity index (χ0) is 37.8. The van der Waals surface area contributed by atoms with Crippen LogP contribution in [0.5, 0.6) is 5.75 Å². The van der Waals surface area contributed by atoms with Crippen molar-refractivity contribution in [2.75, 3.05) is 32.1 Å². The number of piperidine rings is 2. The molecule has 0 bridgehead atoms. The zero-order valence-corrected chi connectivity index (χ0v) is 31.0. The monoisotopic (exact) mass is 744 g/mol. The van der Waals surface area contributed by atoms with E-state index in [1.807, 2.05) is 24.3 Å². The lowest BCUT2D eigenvalue weighted by molar-refractivity contribution is -0.135. The molecule has 9 rings (SSSR count). The minimum absolute atomic E-state index is 0.226. The van der Waals surface area contributed by atoms with Gasteiger partial charge >= 0.3 is 5.69 Å². The number of fused-ring (bicyclic) bond motifs is 3. The molecule has 0 radical (unpaired) electrons. The van der Waals surface area contributed by atoms with Gasteiger partial charge in [0.1, 0.15) is 11.8 Å². The number of hydrogen-bond donors (Lipinski definition) is 2. The number of hydrogen-bond acceptors (Lipinski definition) is 9. The maximum atomic E-state index is 13.4. The molecule has 2 N–H and O–H groups in total. The van der Waals surface area contributed by atoms with E-state index in [2.05, 4.69) is 48.6 Å². The van der Waals surface area contributed by atoms with Gasteiger partial charge < -0.3 is 15.0 Å². The molecule has 2 saturated heterocycles. The molecule has 15 nitrogen and oxygen atoms in total. The standard InChI is InChI=1S/C40H44N10O5/c1-46-33-19-26(7-10-31(33)49(40(46)54)32-11-12-37(51)44-39(32)53)25-13-16-47(17-14-25)22-24-5-8-28(9-6-24)48-23-27-18-29(34(55-2)20-30(27)45-48)38(52)43-36-21-41-35-4-3-15-42-50(35)36/h3-4,7,10,15,18-21,23-25,28,32H,5-6,8-9,11-14,16-17,22H2,1-2H3,(H,43,52)(H,44,51,53). The summed E-state index contributed by atoms with van der Waals surface area (Å²) in [6, 6.07) is 13.1. The van der Waals surface area contributed by atoms with Crippen LogP contribution >= 0.6 is 0 Å². The second-order valence-electron chi connectivity index (χ2n) is 15.3. The molecule has 0 spiro atoms. The van der Waals surface area contributed by atoms with Crippen molar-refractivity contribution < 1.29 is 19.1 Å². The third-order valence-corrected chi connectivity index (χ3v) is 12.0. The van der Waals surface area contributed by atoms with E-state index in [-0.39, 0.29) is 23.9 Å². The highest BCUT2D eigenvalue weighted by Crippen LogP contribution is 2.36. The molecule has 3 aliphatic rings. The Labute approximate surface area is 316 Å². The average Bonchev–Trinajstić information content (AvgIpc) is 3.88. The van der Waals surface area contributed by atoms with Crippen LogP contribution in [0, 0.1) is 5.92 Å². The Morgan fingerprint density at radius 3 is 2.58 bits per heavy atom. The van der Waals surface area contributed by atoms with Crippen LogP contribution in [-0.4, -0.2) is 82.9 Å². The van der Waals surface area contributed by atoms with Crippen LogP contribution in [-0.2, 0) is 16.6 Å². The Morgan fingerprint density at radius 2 is 1.80 bits per heavy atom. The number of imidazole rings is 2. The molecule has 1 saturated carbocycles. The van der Waals surface area contributed by atoms with Gasteiger partial charge in [-0.1, -0.05) is 6.07 Å². The zero-order valence-electron chi connectivity index (χ0n) is 31.0. The normalized spacial score (nSPS) is 21.4. The molecule has 15 heteroatoms. The quantitative estimate of drug-likeness (QED) is 0.213. The maximum Gasteiger partial charge on any atom is 0.329 e. The van der Waals surface area contributed by atoms with E-state index in [1.165, 1.54) is 5.56 Å². The SMILES string of the molecule is COc1cc2nn(C3CCC(CN4CCC(c5ccc6c(c5)n(C)c(=O)n6C5CCC(=O)NC5=O)CC4)CC3)cc2cc1C(=O)Nc1cnc2cccnn12. The number of carbonyl (C=O) groups excluding carboxylic acids is 3. The number of aromatic nitrogens is 7. The van der Waals surface area contributed by atoms with Gasteiger partial charge in [-0.15, -0.1) is 0 Å². The Hall–Kier alpha value is -5.83. The largest absolute Gasteiger partial charge is 0.496 e. The Kier molecular flexibility index (Phi) is 8.95. The summed E-state index contributed by atoms with van der Waals surface area (Å²) >= 11 is 0. The van der Waals surface area contributed by atoms with E-state index in [0.29, 0.717) is 47.1 Å². The molecule has 1 aliphatic carbocycles. The summed E-state index contributed by atoms with van der Waals surface area (Å²) in [5.74, 6) is 0.973. The molecule has 6 heterocycles. The van der Waals surface area contributed by atoms with Crippen molar-refractivity contribution in [3.8, 4) is 5.75 Å². The van der Waals surface area contributed by atoms with Crippen LogP contribution in [0.1, 0.15) is 85.3 Å². The summed E-state index contributed by atoms with van der Waals surface area (Å²) < 4.78 is 12.4. The number of benzene rings is 2. The molecule has 3 fully saturated rings. The number of imide groups is 1. The van der Waals surface area contributed by atoms with E-state index < -0.39 is 11.9 Å². The molecule has 284 valence electrons. The van der Waals surface area contributed by atoms with Crippen LogP contribution in [0.4, 0.5) is 5.82 Å². The number of methoxy groups -OCH3 is 1. The topological polar surface area (TPSA) is 163 Å². The van der Waals surface area contributed by atoms with Crippen molar-refractivity contribution in [3.05, 3.63) is 82.7 Å². The van der Waals surface area contributed by atoms with Crippen molar-refractivity contribution in [1.82, 2.24) is 43.7 Å². The van der Waals surface area contributed by atoms with Gasteiger partial charge in [0, 0.05) is 43.9 Å². The molecule has 2 aliphatic heterocycles. The minimum Gasteiger partial charge on any atom is -0.496 e. The van der Waals surface area contributed by atoms with Crippen LogP contribution < -0.4 is 21.1 Å². The smallest absolute Gasteiger partial charge is 0.329 e. The van der Waals surface area contributed by atoms with Crippen molar-refractivity contribution in [3.63, 3.8) is 0 Å². The van der Waals surface area contributed by atoms with E-state index >= 15 is 0 Å². The number of ether oxygens (including phenoxy) is 1. The Balaban J connectivity index is 0.803. The van der Waals surface area contributed by atoms with Gasteiger partial charge in [-0.2, -0.15) is 14.7 Å². The average molecular weight is 745 g/mol. The lowest BCUT2D eigenvalue weighted by Crippen LogP contribution is -2.44. The number of nitrogens with one attached hydrogen (secondary N) is 2. The number of anilines is 1. The van der Waals surface area contributed by atoms with Gasteiger partial charge in [0.05, 0.1) is 41.5 Å². The van der Waals surface area contributed by atoms with E-state index in [0.717, 1.165) is 80.1 Å². The number of amides is 3. The summed E-state index contributed by atoms with van der Waals surface area (Å²) in [4.78, 5) is 57.9. The van der Waals surface area contributed by atoms with E-state index in [9.17, 15) is 19.2 Å². The molecular formula is C40H44N10O5. The van der Waals surface area contributed by atoms with Gasteiger partial charge in [0.25, 0.3) is 5.91 Å². The highest BCUT2D eigenvalue weighted by atomic mass is 16.5. The fraction of sp³-hybridized carbons (Fsp3) is 0.425. The molecule has 55 heavy (non-hydrogen) atoms. The summed E-state index contributed by atoms with van der Waals surface area (Å²) in [6.45, 7) is 3.17. The predicted molar refractivity (Wildman–Crippen MR) is 205 cm³/mol.